The lowest BCUT2D eigenvalue weighted by Gasteiger charge is -2.13. The number of fused-ring (bicyclic) bond motifs is 1. The fraction of sp³-hybridized carbons (Fsp3) is 0.261. The van der Waals surface area contributed by atoms with E-state index in [1.807, 2.05) is 0 Å². The number of ether oxygens (including phenoxy) is 2. The first kappa shape index (κ1) is 23.5. The van der Waals surface area contributed by atoms with Crippen molar-refractivity contribution in [1.82, 2.24) is 15.5 Å². The zero-order valence-electron chi connectivity index (χ0n) is 18.0. The van der Waals surface area contributed by atoms with E-state index in [9.17, 15) is 24.0 Å². The van der Waals surface area contributed by atoms with Crippen LogP contribution in [-0.4, -0.2) is 60.9 Å². The van der Waals surface area contributed by atoms with E-state index in [-0.39, 0.29) is 50.2 Å². The third-order valence-electron chi connectivity index (χ3n) is 4.75. The van der Waals surface area contributed by atoms with Gasteiger partial charge < -0.3 is 20.1 Å². The zero-order valence-corrected chi connectivity index (χ0v) is 18.0. The standard InChI is InChI=1S/C23H23N3O7/c1-2-32-23(31)33-16-9-7-15(8-10-16)20(28)25-13-12-24-19(27)11-14-26-21(29)17-5-3-4-6-18(17)22(26)30/h3-10H,2,11-14H2,1H3,(H,24,27)(H,25,28). The first-order valence-electron chi connectivity index (χ1n) is 10.4. The van der Waals surface area contributed by atoms with Crippen LogP contribution in [0.15, 0.2) is 48.5 Å². The minimum atomic E-state index is -0.826. The first-order chi connectivity index (χ1) is 15.9. The second-order valence-corrected chi connectivity index (χ2v) is 6.97. The van der Waals surface area contributed by atoms with Gasteiger partial charge in [0.1, 0.15) is 5.75 Å². The number of imide groups is 1. The molecule has 1 aliphatic heterocycles. The van der Waals surface area contributed by atoms with E-state index in [0.29, 0.717) is 16.7 Å². The highest BCUT2D eigenvalue weighted by Gasteiger charge is 2.34. The Morgan fingerprint density at radius 2 is 1.48 bits per heavy atom. The maximum atomic E-state index is 12.3. The lowest BCUT2D eigenvalue weighted by atomic mass is 10.1. The van der Waals surface area contributed by atoms with Crippen molar-refractivity contribution >= 4 is 29.8 Å². The van der Waals surface area contributed by atoms with Gasteiger partial charge in [0, 0.05) is 31.6 Å². The average Bonchev–Trinajstić information content (AvgIpc) is 3.05. The first-order valence-corrected chi connectivity index (χ1v) is 10.4. The molecule has 33 heavy (non-hydrogen) atoms. The summed E-state index contributed by atoms with van der Waals surface area (Å²) in [6.07, 6.45) is -0.866. The lowest BCUT2D eigenvalue weighted by Crippen LogP contribution is -2.37. The molecule has 0 spiro atoms. The van der Waals surface area contributed by atoms with Crippen LogP contribution in [0.25, 0.3) is 0 Å². The molecule has 0 aliphatic carbocycles. The molecule has 172 valence electrons. The third-order valence-corrected chi connectivity index (χ3v) is 4.75. The Hall–Kier alpha value is -4.21. The molecule has 2 aromatic rings. The molecule has 2 N–H and O–H groups in total. The molecule has 0 radical (unpaired) electrons. The molecule has 10 heteroatoms. The molecule has 0 atom stereocenters. The molecule has 0 saturated carbocycles. The van der Waals surface area contributed by atoms with Crippen LogP contribution in [-0.2, 0) is 9.53 Å². The summed E-state index contributed by atoms with van der Waals surface area (Å²) >= 11 is 0. The summed E-state index contributed by atoms with van der Waals surface area (Å²) in [6.45, 7) is 2.19. The SMILES string of the molecule is CCOC(=O)Oc1ccc(C(=O)NCCNC(=O)CCN2C(=O)c3ccccc3C2=O)cc1. The Bertz CT molecular complexity index is 1030. The highest BCUT2D eigenvalue weighted by molar-refractivity contribution is 6.21. The summed E-state index contributed by atoms with van der Waals surface area (Å²) in [6, 6.07) is 12.4. The van der Waals surface area contributed by atoms with Crippen molar-refractivity contribution in [3.63, 3.8) is 0 Å². The van der Waals surface area contributed by atoms with Gasteiger partial charge in [-0.2, -0.15) is 0 Å². The van der Waals surface area contributed by atoms with E-state index in [0.717, 1.165) is 4.90 Å². The van der Waals surface area contributed by atoms with Crippen LogP contribution in [0.4, 0.5) is 4.79 Å². The summed E-state index contributed by atoms with van der Waals surface area (Å²) in [7, 11) is 0. The van der Waals surface area contributed by atoms with Gasteiger partial charge in [0.2, 0.25) is 5.91 Å². The summed E-state index contributed by atoms with van der Waals surface area (Å²) in [5.41, 5.74) is 1.03. The van der Waals surface area contributed by atoms with Gasteiger partial charge in [0.25, 0.3) is 17.7 Å². The van der Waals surface area contributed by atoms with Crippen LogP contribution in [0.5, 0.6) is 5.75 Å². The van der Waals surface area contributed by atoms with Crippen LogP contribution in [0.2, 0.25) is 0 Å². The number of carbonyl (C=O) groups excluding carboxylic acids is 5. The number of hydrogen-bond acceptors (Lipinski definition) is 7. The number of amides is 4. The molecule has 0 unspecified atom stereocenters. The second-order valence-electron chi connectivity index (χ2n) is 6.97. The molecule has 1 heterocycles. The molecule has 4 amide bonds. The van der Waals surface area contributed by atoms with Crippen LogP contribution >= 0.6 is 0 Å². The van der Waals surface area contributed by atoms with E-state index >= 15 is 0 Å². The van der Waals surface area contributed by atoms with Gasteiger partial charge in [0.05, 0.1) is 17.7 Å². The number of hydrogen-bond donors (Lipinski definition) is 2. The monoisotopic (exact) mass is 453 g/mol. The maximum Gasteiger partial charge on any atom is 0.513 e. The Labute approximate surface area is 189 Å². The smallest absolute Gasteiger partial charge is 0.434 e. The summed E-state index contributed by atoms with van der Waals surface area (Å²) in [5, 5.41) is 5.29. The van der Waals surface area contributed by atoms with Gasteiger partial charge in [-0.25, -0.2) is 4.79 Å². The minimum Gasteiger partial charge on any atom is -0.434 e. The zero-order chi connectivity index (χ0) is 23.8. The van der Waals surface area contributed by atoms with Crippen molar-refractivity contribution in [2.75, 3.05) is 26.2 Å². The fourth-order valence-corrected chi connectivity index (χ4v) is 3.14. The number of nitrogens with one attached hydrogen (secondary N) is 2. The van der Waals surface area contributed by atoms with Gasteiger partial charge in [0.15, 0.2) is 0 Å². The molecule has 0 bridgehead atoms. The number of rotatable bonds is 9. The molecule has 2 aromatic carbocycles. The Kier molecular flexibility index (Phi) is 7.74. The van der Waals surface area contributed by atoms with E-state index in [2.05, 4.69) is 15.4 Å². The van der Waals surface area contributed by atoms with E-state index in [1.54, 1.807) is 31.2 Å². The predicted molar refractivity (Wildman–Crippen MR) is 116 cm³/mol. The fourth-order valence-electron chi connectivity index (χ4n) is 3.14. The van der Waals surface area contributed by atoms with Crippen molar-refractivity contribution < 1.29 is 33.4 Å². The quantitative estimate of drug-likeness (QED) is 0.256. The molecule has 0 fully saturated rings. The van der Waals surface area contributed by atoms with Crippen molar-refractivity contribution in [3.8, 4) is 5.75 Å². The second kappa shape index (κ2) is 10.9. The van der Waals surface area contributed by atoms with Crippen molar-refractivity contribution in [2.24, 2.45) is 0 Å². The van der Waals surface area contributed by atoms with Crippen LogP contribution in [0.3, 0.4) is 0 Å². The van der Waals surface area contributed by atoms with Crippen LogP contribution < -0.4 is 15.4 Å². The molecule has 3 rings (SSSR count). The summed E-state index contributed by atoms with van der Waals surface area (Å²) in [4.78, 5) is 61.1. The normalized spacial score (nSPS) is 12.2. The Morgan fingerprint density at radius 1 is 0.879 bits per heavy atom. The lowest BCUT2D eigenvalue weighted by molar-refractivity contribution is -0.121. The molecular formula is C23H23N3O7. The third kappa shape index (κ3) is 5.94. The van der Waals surface area contributed by atoms with Gasteiger partial charge in [-0.1, -0.05) is 12.1 Å². The van der Waals surface area contributed by atoms with Gasteiger partial charge in [-0.3, -0.25) is 24.1 Å². The molecule has 10 nitrogen and oxygen atoms in total. The number of nitrogens with zero attached hydrogens (tertiary/aromatic N) is 1. The molecule has 1 aliphatic rings. The van der Waals surface area contributed by atoms with Crippen molar-refractivity contribution in [1.29, 1.82) is 0 Å². The van der Waals surface area contributed by atoms with E-state index in [4.69, 9.17) is 4.74 Å². The molecular weight excluding hydrogens is 430 g/mol. The largest absolute Gasteiger partial charge is 0.513 e. The highest BCUT2D eigenvalue weighted by atomic mass is 16.7. The van der Waals surface area contributed by atoms with E-state index < -0.39 is 18.0 Å². The predicted octanol–water partition coefficient (Wildman–Crippen LogP) is 1.75. The van der Waals surface area contributed by atoms with E-state index in [1.165, 1.54) is 24.3 Å². The Morgan fingerprint density at radius 3 is 2.09 bits per heavy atom. The molecule has 0 saturated heterocycles. The summed E-state index contributed by atoms with van der Waals surface area (Å²) in [5.74, 6) is -1.28. The topological polar surface area (TPSA) is 131 Å². The highest BCUT2D eigenvalue weighted by Crippen LogP contribution is 2.22. The Balaban J connectivity index is 1.36. The minimum absolute atomic E-state index is 0.0231. The average molecular weight is 453 g/mol. The van der Waals surface area contributed by atoms with Crippen molar-refractivity contribution in [2.45, 2.75) is 13.3 Å². The number of benzene rings is 2. The van der Waals surface area contributed by atoms with Crippen molar-refractivity contribution in [3.05, 3.63) is 65.2 Å². The number of carbonyl (C=O) groups is 5. The van der Waals surface area contributed by atoms with Crippen LogP contribution in [0, 0.1) is 0 Å². The van der Waals surface area contributed by atoms with Gasteiger partial charge in [-0.15, -0.1) is 0 Å². The maximum absolute atomic E-state index is 12.3. The van der Waals surface area contributed by atoms with Gasteiger partial charge in [-0.05, 0) is 43.3 Å². The summed E-state index contributed by atoms with van der Waals surface area (Å²) < 4.78 is 9.59. The molecule has 0 aromatic heterocycles. The van der Waals surface area contributed by atoms with Gasteiger partial charge >= 0.3 is 6.16 Å². The van der Waals surface area contributed by atoms with Crippen LogP contribution in [0.1, 0.15) is 44.4 Å².